The Hall–Kier alpha value is -2.49. The zero-order valence-electron chi connectivity index (χ0n) is 11.4. The number of benzene rings is 2. The molecule has 0 spiro atoms. The van der Waals surface area contributed by atoms with Gasteiger partial charge in [0.05, 0.1) is 0 Å². The first-order chi connectivity index (χ1) is 9.74. The van der Waals surface area contributed by atoms with Crippen LogP contribution in [-0.4, -0.2) is 12.8 Å². The number of hydrogen-bond donors (Lipinski definition) is 2. The Kier molecular flexibility index (Phi) is 5.00. The molecule has 0 aromatic heterocycles. The van der Waals surface area contributed by atoms with Crippen molar-refractivity contribution in [2.45, 2.75) is 13.5 Å². The fourth-order valence-electron chi connectivity index (χ4n) is 1.77. The van der Waals surface area contributed by atoms with Crippen LogP contribution in [0.25, 0.3) is 0 Å². The van der Waals surface area contributed by atoms with Crippen molar-refractivity contribution in [2.75, 3.05) is 6.73 Å². The Bertz CT molecular complexity index is 555. The minimum atomic E-state index is -0.248. The summed E-state index contributed by atoms with van der Waals surface area (Å²) in [5.74, 6) is 0.728. The van der Waals surface area contributed by atoms with Gasteiger partial charge in [-0.15, -0.1) is 0 Å². The minimum Gasteiger partial charge on any atom is -0.473 e. The van der Waals surface area contributed by atoms with Gasteiger partial charge in [0.15, 0.2) is 6.73 Å². The summed E-state index contributed by atoms with van der Waals surface area (Å²) in [6.07, 6.45) is 0. The average molecular weight is 270 g/mol. The van der Waals surface area contributed by atoms with E-state index >= 15 is 0 Å². The second kappa shape index (κ2) is 7.19. The lowest BCUT2D eigenvalue weighted by molar-refractivity contribution is 0.223. The normalized spacial score (nSPS) is 9.85. The van der Waals surface area contributed by atoms with Crippen LogP contribution in [0.5, 0.6) is 5.75 Å². The summed E-state index contributed by atoms with van der Waals surface area (Å²) in [6.45, 7) is 2.67. The molecule has 4 nitrogen and oxygen atoms in total. The van der Waals surface area contributed by atoms with Gasteiger partial charge in [0.1, 0.15) is 5.75 Å². The molecule has 0 fully saturated rings. The van der Waals surface area contributed by atoms with Crippen LogP contribution in [0.15, 0.2) is 54.6 Å². The first kappa shape index (κ1) is 13.9. The molecule has 0 aliphatic carbocycles. The number of amides is 2. The Labute approximate surface area is 118 Å². The maximum atomic E-state index is 11.6. The first-order valence-corrected chi connectivity index (χ1v) is 6.49. The summed E-state index contributed by atoms with van der Waals surface area (Å²) < 4.78 is 5.38. The number of carbonyl (C=O) groups excluding carboxylic acids is 1. The molecular formula is C16H18N2O2. The smallest absolute Gasteiger partial charge is 0.317 e. The number of para-hydroxylation sites is 1. The quantitative estimate of drug-likeness (QED) is 0.821. The van der Waals surface area contributed by atoms with Crippen LogP contribution < -0.4 is 15.4 Å². The highest BCUT2D eigenvalue weighted by Gasteiger charge is 2.00. The van der Waals surface area contributed by atoms with Crippen molar-refractivity contribution in [1.82, 2.24) is 10.6 Å². The molecule has 0 atom stereocenters. The van der Waals surface area contributed by atoms with E-state index in [0.717, 1.165) is 11.3 Å². The third-order valence-corrected chi connectivity index (χ3v) is 2.75. The molecule has 2 N–H and O–H groups in total. The summed E-state index contributed by atoms with van der Waals surface area (Å²) in [4.78, 5) is 11.6. The number of aryl methyl sites for hydroxylation is 1. The van der Waals surface area contributed by atoms with Gasteiger partial charge >= 0.3 is 6.03 Å². The molecule has 0 saturated heterocycles. The standard InChI is InChI=1S/C16H18N2O2/c1-13-6-5-7-14(10-13)11-17-16(19)18-12-20-15-8-3-2-4-9-15/h2-10H,11-12H2,1H3,(H2,17,18,19). The Morgan fingerprint density at radius 1 is 1.05 bits per heavy atom. The third kappa shape index (κ3) is 4.65. The monoisotopic (exact) mass is 270 g/mol. The van der Waals surface area contributed by atoms with Crippen molar-refractivity contribution in [3.8, 4) is 5.75 Å². The van der Waals surface area contributed by atoms with Crippen molar-refractivity contribution in [3.63, 3.8) is 0 Å². The Morgan fingerprint density at radius 2 is 1.85 bits per heavy atom. The Balaban J connectivity index is 1.68. The van der Waals surface area contributed by atoms with E-state index in [1.165, 1.54) is 5.56 Å². The molecule has 0 unspecified atom stereocenters. The fourth-order valence-corrected chi connectivity index (χ4v) is 1.77. The first-order valence-electron chi connectivity index (χ1n) is 6.49. The molecule has 0 aliphatic heterocycles. The van der Waals surface area contributed by atoms with Crippen LogP contribution in [-0.2, 0) is 6.54 Å². The third-order valence-electron chi connectivity index (χ3n) is 2.75. The molecule has 0 heterocycles. The molecule has 2 aromatic carbocycles. The lowest BCUT2D eigenvalue weighted by Crippen LogP contribution is -2.37. The summed E-state index contributed by atoms with van der Waals surface area (Å²) in [5.41, 5.74) is 2.25. The SMILES string of the molecule is Cc1cccc(CNC(=O)NCOc2ccccc2)c1. The molecular weight excluding hydrogens is 252 g/mol. The van der Waals surface area contributed by atoms with Gasteiger partial charge in [-0.25, -0.2) is 4.79 Å². The highest BCUT2D eigenvalue weighted by atomic mass is 16.5. The van der Waals surface area contributed by atoms with Crippen LogP contribution in [0.1, 0.15) is 11.1 Å². The number of ether oxygens (including phenoxy) is 1. The van der Waals surface area contributed by atoms with Crippen LogP contribution in [0, 0.1) is 6.92 Å². The number of rotatable bonds is 5. The maximum absolute atomic E-state index is 11.6. The van der Waals surface area contributed by atoms with E-state index in [1.807, 2.05) is 61.5 Å². The van der Waals surface area contributed by atoms with E-state index < -0.39 is 0 Å². The minimum absolute atomic E-state index is 0.143. The van der Waals surface area contributed by atoms with Gasteiger partial charge in [0, 0.05) is 6.54 Å². The van der Waals surface area contributed by atoms with Gasteiger partial charge in [0.2, 0.25) is 0 Å². The molecule has 0 bridgehead atoms. The van der Waals surface area contributed by atoms with Gasteiger partial charge in [-0.2, -0.15) is 0 Å². The van der Waals surface area contributed by atoms with Crippen molar-refractivity contribution in [3.05, 3.63) is 65.7 Å². The van der Waals surface area contributed by atoms with E-state index in [9.17, 15) is 4.79 Å². The molecule has 20 heavy (non-hydrogen) atoms. The van der Waals surface area contributed by atoms with Crippen molar-refractivity contribution < 1.29 is 9.53 Å². The van der Waals surface area contributed by atoms with Gasteiger partial charge in [0.25, 0.3) is 0 Å². The topological polar surface area (TPSA) is 50.4 Å². The van der Waals surface area contributed by atoms with Crippen molar-refractivity contribution >= 4 is 6.03 Å². The molecule has 4 heteroatoms. The maximum Gasteiger partial charge on any atom is 0.317 e. The molecule has 0 aliphatic rings. The lowest BCUT2D eigenvalue weighted by atomic mass is 10.1. The van der Waals surface area contributed by atoms with E-state index in [4.69, 9.17) is 4.74 Å². The average Bonchev–Trinajstić information content (AvgIpc) is 2.46. The van der Waals surface area contributed by atoms with E-state index in [2.05, 4.69) is 10.6 Å². The van der Waals surface area contributed by atoms with Gasteiger partial charge < -0.3 is 15.4 Å². The second-order valence-electron chi connectivity index (χ2n) is 4.45. The summed E-state index contributed by atoms with van der Waals surface area (Å²) in [6, 6.07) is 17.1. The number of nitrogens with one attached hydrogen (secondary N) is 2. The fraction of sp³-hybridized carbons (Fsp3) is 0.188. The second-order valence-corrected chi connectivity index (χ2v) is 4.45. The van der Waals surface area contributed by atoms with E-state index in [0.29, 0.717) is 6.54 Å². The molecule has 2 rings (SSSR count). The highest BCUT2D eigenvalue weighted by Crippen LogP contribution is 2.07. The van der Waals surface area contributed by atoms with E-state index in [1.54, 1.807) is 0 Å². The molecule has 0 radical (unpaired) electrons. The van der Waals surface area contributed by atoms with Crippen LogP contribution in [0.2, 0.25) is 0 Å². The van der Waals surface area contributed by atoms with Crippen molar-refractivity contribution in [2.24, 2.45) is 0 Å². The largest absolute Gasteiger partial charge is 0.473 e. The predicted molar refractivity (Wildman–Crippen MR) is 78.5 cm³/mol. The van der Waals surface area contributed by atoms with Gasteiger partial charge in [-0.1, -0.05) is 48.0 Å². The van der Waals surface area contributed by atoms with E-state index in [-0.39, 0.29) is 12.8 Å². The molecule has 2 amide bonds. The predicted octanol–water partition coefficient (Wildman–Crippen LogP) is 2.83. The zero-order chi connectivity index (χ0) is 14.2. The van der Waals surface area contributed by atoms with Crippen LogP contribution in [0.3, 0.4) is 0 Å². The number of carbonyl (C=O) groups is 1. The molecule has 104 valence electrons. The summed E-state index contributed by atoms with van der Waals surface area (Å²) in [7, 11) is 0. The summed E-state index contributed by atoms with van der Waals surface area (Å²) >= 11 is 0. The Morgan fingerprint density at radius 3 is 2.60 bits per heavy atom. The van der Waals surface area contributed by atoms with Gasteiger partial charge in [-0.3, -0.25) is 0 Å². The summed E-state index contributed by atoms with van der Waals surface area (Å²) in [5, 5.41) is 5.43. The highest BCUT2D eigenvalue weighted by molar-refractivity contribution is 5.73. The molecule has 2 aromatic rings. The zero-order valence-corrected chi connectivity index (χ0v) is 11.4. The number of hydrogen-bond acceptors (Lipinski definition) is 2. The van der Waals surface area contributed by atoms with Gasteiger partial charge in [-0.05, 0) is 24.6 Å². The molecule has 0 saturated carbocycles. The lowest BCUT2D eigenvalue weighted by Gasteiger charge is -2.09. The van der Waals surface area contributed by atoms with Crippen LogP contribution in [0.4, 0.5) is 4.79 Å². The number of urea groups is 1. The van der Waals surface area contributed by atoms with Crippen LogP contribution >= 0.6 is 0 Å². The van der Waals surface area contributed by atoms with Crippen molar-refractivity contribution in [1.29, 1.82) is 0 Å².